The molecule has 5 heteroatoms. The summed E-state index contributed by atoms with van der Waals surface area (Å²) >= 11 is 0. The second kappa shape index (κ2) is 3.09. The summed E-state index contributed by atoms with van der Waals surface area (Å²) in [5.41, 5.74) is 0.0143. The fourth-order valence-electron chi connectivity index (χ4n) is 1.45. The number of hydrogen-bond acceptors (Lipinski definition) is 3. The average molecular weight is 196 g/mol. The van der Waals surface area contributed by atoms with Crippen molar-refractivity contribution in [2.24, 2.45) is 0 Å². The fraction of sp³-hybridized carbons (Fsp3) is 0.556. The summed E-state index contributed by atoms with van der Waals surface area (Å²) in [6.45, 7) is 2.40. The number of aromatic nitrogens is 2. The van der Waals surface area contributed by atoms with Crippen LogP contribution in [0.5, 0.6) is 0 Å². The van der Waals surface area contributed by atoms with Crippen molar-refractivity contribution in [2.45, 2.75) is 18.8 Å². The molecule has 0 unspecified atom stereocenters. The first-order valence-electron chi connectivity index (χ1n) is 4.54. The van der Waals surface area contributed by atoms with Gasteiger partial charge in [-0.05, 0) is 6.42 Å². The normalized spacial score (nSPS) is 18.9. The Bertz CT molecular complexity index is 355. The van der Waals surface area contributed by atoms with Crippen LogP contribution in [0, 0.1) is 0 Å². The number of aliphatic carboxylic acids is 1. The van der Waals surface area contributed by atoms with Crippen LogP contribution in [0.4, 0.5) is 0 Å². The number of ether oxygens (including phenoxy) is 1. The molecule has 2 N–H and O–H groups in total. The Morgan fingerprint density at radius 1 is 1.79 bits per heavy atom. The third-order valence-electron chi connectivity index (χ3n) is 2.57. The summed E-state index contributed by atoms with van der Waals surface area (Å²) in [4.78, 5) is 18.2. The van der Waals surface area contributed by atoms with E-state index in [0.29, 0.717) is 5.82 Å². The van der Waals surface area contributed by atoms with E-state index in [2.05, 4.69) is 9.97 Å². The molecule has 1 saturated heterocycles. The van der Waals surface area contributed by atoms with Crippen LogP contribution >= 0.6 is 0 Å². The monoisotopic (exact) mass is 196 g/mol. The number of hydrogen-bond donors (Lipinski definition) is 2. The maximum atomic E-state index is 11.1. The van der Waals surface area contributed by atoms with Gasteiger partial charge in [-0.3, -0.25) is 4.79 Å². The highest BCUT2D eigenvalue weighted by atomic mass is 16.5. The largest absolute Gasteiger partial charge is 0.480 e. The molecule has 2 rings (SSSR count). The van der Waals surface area contributed by atoms with Crippen LogP contribution in [0.2, 0.25) is 0 Å². The number of aryl methyl sites for hydroxylation is 1. The standard InChI is InChI=1S/C9H12N2O3/c1-2-6-3-10-7(11-6)9(8(12)13)4-14-5-9/h3H,2,4-5H2,1H3,(H,10,11)(H,12,13). The van der Waals surface area contributed by atoms with Crippen molar-refractivity contribution >= 4 is 5.97 Å². The van der Waals surface area contributed by atoms with E-state index in [1.54, 1.807) is 6.20 Å². The van der Waals surface area contributed by atoms with E-state index in [0.717, 1.165) is 12.1 Å². The molecular weight excluding hydrogens is 184 g/mol. The van der Waals surface area contributed by atoms with E-state index in [4.69, 9.17) is 9.84 Å². The minimum absolute atomic E-state index is 0.207. The van der Waals surface area contributed by atoms with Crippen molar-refractivity contribution in [1.29, 1.82) is 0 Å². The lowest BCUT2D eigenvalue weighted by Crippen LogP contribution is -2.53. The summed E-state index contributed by atoms with van der Waals surface area (Å²) in [6, 6.07) is 0. The van der Waals surface area contributed by atoms with Crippen LogP contribution in [0.15, 0.2) is 6.20 Å². The Balaban J connectivity index is 2.32. The Hall–Kier alpha value is -1.36. The zero-order valence-electron chi connectivity index (χ0n) is 7.91. The zero-order valence-corrected chi connectivity index (χ0v) is 7.91. The number of nitrogens with one attached hydrogen (secondary N) is 1. The van der Waals surface area contributed by atoms with Crippen LogP contribution in [-0.2, 0) is 21.4 Å². The molecular formula is C9H12N2O3. The third-order valence-corrected chi connectivity index (χ3v) is 2.57. The van der Waals surface area contributed by atoms with E-state index < -0.39 is 11.4 Å². The van der Waals surface area contributed by atoms with Gasteiger partial charge in [-0.1, -0.05) is 6.92 Å². The average Bonchev–Trinajstić information content (AvgIpc) is 2.50. The van der Waals surface area contributed by atoms with E-state index in [9.17, 15) is 4.79 Å². The highest BCUT2D eigenvalue weighted by Gasteiger charge is 2.50. The molecule has 5 nitrogen and oxygen atoms in total. The van der Waals surface area contributed by atoms with Gasteiger partial charge in [0.05, 0.1) is 13.2 Å². The quantitative estimate of drug-likeness (QED) is 0.730. The minimum atomic E-state index is -0.937. The molecule has 0 spiro atoms. The van der Waals surface area contributed by atoms with Gasteiger partial charge in [-0.2, -0.15) is 0 Å². The lowest BCUT2D eigenvalue weighted by Gasteiger charge is -2.35. The van der Waals surface area contributed by atoms with Crippen molar-refractivity contribution in [3.63, 3.8) is 0 Å². The van der Waals surface area contributed by atoms with Gasteiger partial charge in [0, 0.05) is 11.9 Å². The predicted molar refractivity (Wildman–Crippen MR) is 48.1 cm³/mol. The molecule has 0 aliphatic carbocycles. The van der Waals surface area contributed by atoms with Gasteiger partial charge in [0.25, 0.3) is 0 Å². The Morgan fingerprint density at radius 2 is 2.50 bits per heavy atom. The van der Waals surface area contributed by atoms with E-state index in [1.807, 2.05) is 6.92 Å². The van der Waals surface area contributed by atoms with Crippen molar-refractivity contribution in [3.8, 4) is 0 Å². The van der Waals surface area contributed by atoms with Gasteiger partial charge >= 0.3 is 5.97 Å². The fourth-order valence-corrected chi connectivity index (χ4v) is 1.45. The second-order valence-electron chi connectivity index (χ2n) is 3.49. The van der Waals surface area contributed by atoms with Gasteiger partial charge in [0.15, 0.2) is 5.41 Å². The lowest BCUT2D eigenvalue weighted by molar-refractivity contribution is -0.163. The topological polar surface area (TPSA) is 75.2 Å². The molecule has 1 aromatic heterocycles. The van der Waals surface area contributed by atoms with Crippen molar-refractivity contribution in [1.82, 2.24) is 9.97 Å². The molecule has 1 aromatic rings. The Kier molecular flexibility index (Phi) is 2.03. The molecule has 76 valence electrons. The third kappa shape index (κ3) is 1.13. The summed E-state index contributed by atoms with van der Waals surface area (Å²) in [5, 5.41) is 9.08. The summed E-state index contributed by atoms with van der Waals surface area (Å²) in [7, 11) is 0. The van der Waals surface area contributed by atoms with Gasteiger partial charge in [-0.15, -0.1) is 0 Å². The lowest BCUT2D eigenvalue weighted by atomic mass is 9.85. The number of imidazole rings is 1. The molecule has 0 bridgehead atoms. The maximum absolute atomic E-state index is 11.1. The van der Waals surface area contributed by atoms with Gasteiger partial charge in [0.1, 0.15) is 5.82 Å². The van der Waals surface area contributed by atoms with E-state index in [-0.39, 0.29) is 13.2 Å². The molecule has 0 aromatic carbocycles. The van der Waals surface area contributed by atoms with Crippen molar-refractivity contribution < 1.29 is 14.6 Å². The van der Waals surface area contributed by atoms with Crippen LogP contribution in [-0.4, -0.2) is 34.3 Å². The van der Waals surface area contributed by atoms with Crippen molar-refractivity contribution in [3.05, 3.63) is 17.7 Å². The molecule has 0 atom stereocenters. The first-order valence-corrected chi connectivity index (χ1v) is 4.54. The first kappa shape index (κ1) is 9.21. The van der Waals surface area contributed by atoms with E-state index in [1.165, 1.54) is 0 Å². The predicted octanol–water partition coefficient (Wildman–Crippen LogP) is 0.325. The number of carboxylic acids is 1. The van der Waals surface area contributed by atoms with Gasteiger partial charge in [-0.25, -0.2) is 4.98 Å². The second-order valence-corrected chi connectivity index (χ2v) is 3.49. The molecule has 1 fully saturated rings. The zero-order chi connectivity index (χ0) is 10.2. The SMILES string of the molecule is CCc1cnc(C2(C(=O)O)COC2)[nH]1. The molecule has 0 saturated carbocycles. The van der Waals surface area contributed by atoms with Gasteiger partial charge in [0.2, 0.25) is 0 Å². The minimum Gasteiger partial charge on any atom is -0.480 e. The number of carbonyl (C=O) groups is 1. The molecule has 0 amide bonds. The summed E-state index contributed by atoms with van der Waals surface area (Å²) < 4.78 is 4.96. The molecule has 1 aliphatic heterocycles. The molecule has 14 heavy (non-hydrogen) atoms. The molecule has 0 radical (unpaired) electrons. The Labute approximate surface area is 81.1 Å². The van der Waals surface area contributed by atoms with Crippen LogP contribution < -0.4 is 0 Å². The maximum Gasteiger partial charge on any atom is 0.322 e. The number of H-pyrrole nitrogens is 1. The Morgan fingerprint density at radius 3 is 2.86 bits per heavy atom. The molecule has 2 heterocycles. The molecule has 1 aliphatic rings. The van der Waals surface area contributed by atoms with E-state index >= 15 is 0 Å². The number of rotatable bonds is 3. The smallest absolute Gasteiger partial charge is 0.322 e. The van der Waals surface area contributed by atoms with Crippen LogP contribution in [0.3, 0.4) is 0 Å². The highest BCUT2D eigenvalue weighted by molar-refractivity contribution is 5.81. The highest BCUT2D eigenvalue weighted by Crippen LogP contribution is 2.30. The van der Waals surface area contributed by atoms with Crippen LogP contribution in [0.25, 0.3) is 0 Å². The summed E-state index contributed by atoms with van der Waals surface area (Å²) in [6.07, 6.45) is 2.50. The van der Waals surface area contributed by atoms with Crippen molar-refractivity contribution in [2.75, 3.05) is 13.2 Å². The number of aromatic amines is 1. The number of nitrogens with zero attached hydrogens (tertiary/aromatic N) is 1. The number of carboxylic acid groups (broad SMARTS) is 1. The van der Waals surface area contributed by atoms with Gasteiger partial charge < -0.3 is 14.8 Å². The summed E-state index contributed by atoms with van der Waals surface area (Å²) in [5.74, 6) is -0.367. The first-order chi connectivity index (χ1) is 6.69. The van der Waals surface area contributed by atoms with Crippen LogP contribution in [0.1, 0.15) is 18.4 Å².